The molecule has 2 aromatic rings. The van der Waals surface area contributed by atoms with E-state index < -0.39 is 0 Å². The van der Waals surface area contributed by atoms with Gasteiger partial charge in [0.15, 0.2) is 5.82 Å². The fourth-order valence-electron chi connectivity index (χ4n) is 2.45. The van der Waals surface area contributed by atoms with Crippen molar-refractivity contribution in [1.82, 2.24) is 25.1 Å². The highest BCUT2D eigenvalue weighted by Crippen LogP contribution is 2.27. The Kier molecular flexibility index (Phi) is 3.66. The monoisotopic (exact) mass is 286 g/mol. The molecule has 2 N–H and O–H groups in total. The molecule has 3 rings (SSSR count). The molecule has 1 amide bonds. The fraction of sp³-hybridized carbons (Fsp3) is 0.429. The Bertz CT molecular complexity index is 601. The predicted octanol–water partition coefficient (Wildman–Crippen LogP) is 0.990. The molecule has 7 nitrogen and oxygen atoms in total. The molecule has 7 heteroatoms. The number of anilines is 1. The van der Waals surface area contributed by atoms with Gasteiger partial charge in [-0.25, -0.2) is 14.6 Å². The van der Waals surface area contributed by atoms with E-state index in [0.717, 1.165) is 19.4 Å². The van der Waals surface area contributed by atoms with E-state index in [2.05, 4.69) is 25.7 Å². The summed E-state index contributed by atoms with van der Waals surface area (Å²) in [5.41, 5.74) is 0.332. The third-order valence-electron chi connectivity index (χ3n) is 3.80. The Balaban J connectivity index is 1.69. The summed E-state index contributed by atoms with van der Waals surface area (Å²) in [4.78, 5) is 20.5. The van der Waals surface area contributed by atoms with Crippen LogP contribution >= 0.6 is 0 Å². The zero-order chi connectivity index (χ0) is 14.7. The number of pyridine rings is 1. The summed E-state index contributed by atoms with van der Waals surface area (Å²) in [5.74, 6) is 0.695. The molecule has 0 bridgehead atoms. The van der Waals surface area contributed by atoms with Gasteiger partial charge in [0.05, 0.1) is 17.3 Å². The van der Waals surface area contributed by atoms with Gasteiger partial charge >= 0.3 is 0 Å². The van der Waals surface area contributed by atoms with Crippen molar-refractivity contribution < 1.29 is 4.79 Å². The Hall–Kier alpha value is -2.28. The number of amides is 1. The van der Waals surface area contributed by atoms with Gasteiger partial charge in [-0.2, -0.15) is 5.10 Å². The maximum Gasteiger partial charge on any atom is 0.231 e. The summed E-state index contributed by atoms with van der Waals surface area (Å²) in [6, 6.07) is 3.62. The van der Waals surface area contributed by atoms with E-state index in [1.807, 2.05) is 13.0 Å². The number of nitrogens with zero attached hydrogens (tertiary/aromatic N) is 4. The SMILES string of the molecule is CC1(C(=O)Nc2ccc(-n3cncn3)nc2)CCCNC1. The van der Waals surface area contributed by atoms with Crippen LogP contribution in [0, 0.1) is 5.41 Å². The van der Waals surface area contributed by atoms with Gasteiger partial charge in [-0.15, -0.1) is 0 Å². The van der Waals surface area contributed by atoms with Crippen LogP contribution in [0.4, 0.5) is 5.69 Å². The van der Waals surface area contributed by atoms with Crippen molar-refractivity contribution >= 4 is 11.6 Å². The van der Waals surface area contributed by atoms with Crippen LogP contribution < -0.4 is 10.6 Å². The second-order valence-corrected chi connectivity index (χ2v) is 5.54. The van der Waals surface area contributed by atoms with Gasteiger partial charge in [-0.3, -0.25) is 4.79 Å². The largest absolute Gasteiger partial charge is 0.324 e. The van der Waals surface area contributed by atoms with E-state index in [1.165, 1.54) is 6.33 Å². The molecule has 1 fully saturated rings. The van der Waals surface area contributed by atoms with Crippen molar-refractivity contribution in [2.24, 2.45) is 5.41 Å². The Morgan fingerprint density at radius 3 is 3.00 bits per heavy atom. The number of carbonyl (C=O) groups is 1. The molecule has 110 valence electrons. The summed E-state index contributed by atoms with van der Waals surface area (Å²) in [5, 5.41) is 10.2. The van der Waals surface area contributed by atoms with Gasteiger partial charge in [0.2, 0.25) is 5.91 Å². The summed E-state index contributed by atoms with van der Waals surface area (Å²) in [6.07, 6.45) is 6.59. The second-order valence-electron chi connectivity index (χ2n) is 5.54. The van der Waals surface area contributed by atoms with Crippen LogP contribution in [-0.4, -0.2) is 38.7 Å². The number of hydrogen-bond donors (Lipinski definition) is 2. The van der Waals surface area contributed by atoms with Crippen LogP contribution in [-0.2, 0) is 4.79 Å². The summed E-state index contributed by atoms with van der Waals surface area (Å²) < 4.78 is 1.57. The minimum absolute atomic E-state index is 0.0324. The number of carbonyl (C=O) groups excluding carboxylic acids is 1. The van der Waals surface area contributed by atoms with Crippen molar-refractivity contribution in [2.45, 2.75) is 19.8 Å². The molecule has 0 aromatic carbocycles. The Labute approximate surface area is 122 Å². The number of aromatic nitrogens is 4. The first-order valence-electron chi connectivity index (χ1n) is 7.01. The highest BCUT2D eigenvalue weighted by atomic mass is 16.2. The Morgan fingerprint density at radius 2 is 2.38 bits per heavy atom. The molecule has 0 aliphatic carbocycles. The van der Waals surface area contributed by atoms with E-state index in [0.29, 0.717) is 18.1 Å². The molecule has 2 aromatic heterocycles. The zero-order valence-corrected chi connectivity index (χ0v) is 11.9. The van der Waals surface area contributed by atoms with Crippen molar-refractivity contribution in [3.05, 3.63) is 31.0 Å². The minimum atomic E-state index is -0.358. The molecule has 0 spiro atoms. The molecule has 1 aliphatic heterocycles. The molecule has 1 unspecified atom stereocenters. The van der Waals surface area contributed by atoms with Crippen LogP contribution in [0.5, 0.6) is 0 Å². The number of rotatable bonds is 3. The normalized spacial score (nSPS) is 22.0. The molecular formula is C14H18N6O. The van der Waals surface area contributed by atoms with Crippen LogP contribution in [0.1, 0.15) is 19.8 Å². The molecule has 0 radical (unpaired) electrons. The van der Waals surface area contributed by atoms with Crippen molar-refractivity contribution in [2.75, 3.05) is 18.4 Å². The molecule has 3 heterocycles. The van der Waals surface area contributed by atoms with E-state index in [-0.39, 0.29) is 11.3 Å². The Morgan fingerprint density at radius 1 is 1.48 bits per heavy atom. The first kappa shape index (κ1) is 13.7. The third-order valence-corrected chi connectivity index (χ3v) is 3.80. The van der Waals surface area contributed by atoms with Crippen LogP contribution in [0.2, 0.25) is 0 Å². The third kappa shape index (κ3) is 2.92. The summed E-state index contributed by atoms with van der Waals surface area (Å²) >= 11 is 0. The summed E-state index contributed by atoms with van der Waals surface area (Å²) in [7, 11) is 0. The molecule has 0 saturated carbocycles. The topological polar surface area (TPSA) is 84.7 Å². The lowest BCUT2D eigenvalue weighted by Gasteiger charge is -2.32. The first-order valence-corrected chi connectivity index (χ1v) is 7.01. The van der Waals surface area contributed by atoms with Crippen LogP contribution in [0.15, 0.2) is 31.0 Å². The minimum Gasteiger partial charge on any atom is -0.324 e. The predicted molar refractivity (Wildman–Crippen MR) is 78.0 cm³/mol. The molecule has 21 heavy (non-hydrogen) atoms. The number of piperidine rings is 1. The quantitative estimate of drug-likeness (QED) is 0.879. The van der Waals surface area contributed by atoms with Gasteiger partial charge in [0.25, 0.3) is 0 Å². The van der Waals surface area contributed by atoms with E-state index in [9.17, 15) is 4.79 Å². The molecule has 1 saturated heterocycles. The lowest BCUT2D eigenvalue weighted by molar-refractivity contribution is -0.125. The standard InChI is InChI=1S/C14H18N6O/c1-14(5-2-6-15-8-14)13(21)19-11-3-4-12(17-7-11)20-10-16-9-18-20/h3-4,7,9-10,15H,2,5-6,8H2,1H3,(H,19,21). The number of nitrogens with one attached hydrogen (secondary N) is 2. The van der Waals surface area contributed by atoms with Gasteiger partial charge in [0.1, 0.15) is 12.7 Å². The molecule has 1 aliphatic rings. The second kappa shape index (κ2) is 5.61. The van der Waals surface area contributed by atoms with E-state index in [4.69, 9.17) is 0 Å². The van der Waals surface area contributed by atoms with Crippen molar-refractivity contribution in [1.29, 1.82) is 0 Å². The fourth-order valence-corrected chi connectivity index (χ4v) is 2.45. The zero-order valence-electron chi connectivity index (χ0n) is 11.9. The first-order chi connectivity index (χ1) is 10.2. The average Bonchev–Trinajstić information content (AvgIpc) is 3.03. The highest BCUT2D eigenvalue weighted by Gasteiger charge is 2.34. The maximum absolute atomic E-state index is 12.4. The van der Waals surface area contributed by atoms with Gasteiger partial charge in [-0.1, -0.05) is 0 Å². The smallest absolute Gasteiger partial charge is 0.231 e. The highest BCUT2D eigenvalue weighted by molar-refractivity contribution is 5.95. The van der Waals surface area contributed by atoms with Crippen molar-refractivity contribution in [3.63, 3.8) is 0 Å². The van der Waals surface area contributed by atoms with Crippen LogP contribution in [0.25, 0.3) is 5.82 Å². The van der Waals surface area contributed by atoms with Crippen LogP contribution in [0.3, 0.4) is 0 Å². The van der Waals surface area contributed by atoms with Gasteiger partial charge < -0.3 is 10.6 Å². The van der Waals surface area contributed by atoms with Crippen molar-refractivity contribution in [3.8, 4) is 5.82 Å². The van der Waals surface area contributed by atoms with E-state index in [1.54, 1.807) is 23.3 Å². The van der Waals surface area contributed by atoms with Gasteiger partial charge in [0, 0.05) is 6.54 Å². The number of hydrogen-bond acceptors (Lipinski definition) is 5. The lowest BCUT2D eigenvalue weighted by Crippen LogP contribution is -2.46. The summed E-state index contributed by atoms with van der Waals surface area (Å²) in [6.45, 7) is 3.69. The average molecular weight is 286 g/mol. The molecule has 1 atom stereocenters. The van der Waals surface area contributed by atoms with Gasteiger partial charge in [-0.05, 0) is 38.4 Å². The molecular weight excluding hydrogens is 268 g/mol. The lowest BCUT2D eigenvalue weighted by atomic mass is 9.82. The maximum atomic E-state index is 12.4. The van der Waals surface area contributed by atoms with E-state index >= 15 is 0 Å².